The summed E-state index contributed by atoms with van der Waals surface area (Å²) >= 11 is 0. The third-order valence-electron chi connectivity index (χ3n) is 9.88. The number of carboxylic acids is 1. The third kappa shape index (κ3) is 1.77. The van der Waals surface area contributed by atoms with Gasteiger partial charge in [0.05, 0.1) is 11.7 Å². The van der Waals surface area contributed by atoms with E-state index in [1.165, 1.54) is 12.1 Å². The topological polar surface area (TPSA) is 82.6 Å². The van der Waals surface area contributed by atoms with Gasteiger partial charge in [-0.3, -0.25) is 0 Å². The monoisotopic (exact) mass is 397 g/mol. The molecule has 1 aromatic heterocycles. The van der Waals surface area contributed by atoms with Crippen molar-refractivity contribution in [3.05, 3.63) is 34.7 Å². The van der Waals surface area contributed by atoms with Crippen molar-refractivity contribution in [3.8, 4) is 0 Å². The summed E-state index contributed by atoms with van der Waals surface area (Å²) in [6.45, 7) is 2.40. The molecule has 5 nitrogen and oxygen atoms in total. The van der Waals surface area contributed by atoms with E-state index in [1.54, 1.807) is 7.11 Å². The Morgan fingerprint density at radius 3 is 2.72 bits per heavy atom. The molecule has 0 unspecified atom stereocenters. The maximum Gasteiger partial charge on any atom is 0.334 e. The molecule has 1 aromatic rings. The molecule has 1 spiro atoms. The molecule has 7 atom stereocenters. The largest absolute Gasteiger partial charge is 0.478 e. The zero-order valence-corrected chi connectivity index (χ0v) is 17.3. The normalized spacial score (nSPS) is 47.4. The first-order valence-corrected chi connectivity index (χ1v) is 11.3. The predicted octanol–water partition coefficient (Wildman–Crippen LogP) is 3.79. The number of ether oxygens (including phenoxy) is 1. The molecular weight excluding hydrogens is 366 g/mol. The van der Waals surface area contributed by atoms with Crippen LogP contribution in [0, 0.1) is 22.7 Å². The minimum absolute atomic E-state index is 0.0123. The van der Waals surface area contributed by atoms with Gasteiger partial charge in [-0.2, -0.15) is 0 Å². The minimum atomic E-state index is -1.47. The molecule has 0 aromatic carbocycles. The number of methoxy groups -OCH3 is 1. The Kier molecular flexibility index (Phi) is 3.49. The second-order valence-corrected chi connectivity index (χ2v) is 10.5. The highest BCUT2D eigenvalue weighted by molar-refractivity contribution is 5.93. The van der Waals surface area contributed by atoms with Crippen LogP contribution in [0.2, 0.25) is 0 Å². The fraction of sp³-hybridized carbons (Fsp3) is 0.708. The van der Waals surface area contributed by atoms with Gasteiger partial charge < -0.3 is 19.9 Å². The van der Waals surface area contributed by atoms with Crippen LogP contribution in [-0.2, 0) is 16.0 Å². The lowest BCUT2D eigenvalue weighted by Gasteiger charge is -2.61. The zero-order chi connectivity index (χ0) is 20.2. The molecule has 0 saturated heterocycles. The maximum absolute atomic E-state index is 12.8. The average molecular weight is 398 g/mol. The molecule has 3 saturated carbocycles. The molecule has 0 aliphatic heterocycles. The number of fused-ring (bicyclic) bond motifs is 1. The standard InChI is InChI=1S/C24H31NO4/c1-22-12-17-15(9-10-25-17)20-23(22)13-5-3-4-6-18(29-2)24(20,28)19(21(26)27)16(23)11-14(22)8-7-13/h9-10,13-14,18,20,25,28H,3-8,11-12H2,1-2H3,(H,26,27)/t13-,14-,18+,20+,22+,23+,24-/m1/s1. The molecule has 5 aliphatic rings. The van der Waals surface area contributed by atoms with E-state index in [4.69, 9.17) is 4.74 Å². The fourth-order valence-corrected chi connectivity index (χ4v) is 9.11. The van der Waals surface area contributed by atoms with E-state index >= 15 is 0 Å². The lowest BCUT2D eigenvalue weighted by molar-refractivity contribution is -0.152. The minimum Gasteiger partial charge on any atom is -0.478 e. The number of H-pyrrole nitrogens is 1. The molecule has 0 radical (unpaired) electrons. The van der Waals surface area contributed by atoms with Gasteiger partial charge in [-0.15, -0.1) is 0 Å². The smallest absolute Gasteiger partial charge is 0.334 e. The summed E-state index contributed by atoms with van der Waals surface area (Å²) in [5, 5.41) is 22.9. The van der Waals surface area contributed by atoms with Crippen LogP contribution in [0.3, 0.4) is 0 Å². The Balaban J connectivity index is 1.76. The number of hydrogen-bond acceptors (Lipinski definition) is 3. The second-order valence-electron chi connectivity index (χ2n) is 10.5. The highest BCUT2D eigenvalue weighted by Crippen LogP contribution is 2.82. The SMILES string of the molecule is CO[C@H]1CCCC[C@@H]2CC[C@@H]3CC4=C(C(=O)O)[C@@]1(O)[C@H]1c5cc[nH]c5C[C@]3(C)[C@]421. The molecule has 5 aliphatic carbocycles. The predicted molar refractivity (Wildman–Crippen MR) is 107 cm³/mol. The Labute approximate surface area is 171 Å². The van der Waals surface area contributed by atoms with Crippen LogP contribution in [0.4, 0.5) is 0 Å². The van der Waals surface area contributed by atoms with E-state index < -0.39 is 17.7 Å². The molecule has 29 heavy (non-hydrogen) atoms. The number of carbonyl (C=O) groups is 1. The molecule has 3 bridgehead atoms. The fourth-order valence-electron chi connectivity index (χ4n) is 9.11. The Morgan fingerprint density at radius 1 is 1.21 bits per heavy atom. The molecule has 3 N–H and O–H groups in total. The van der Waals surface area contributed by atoms with E-state index in [0.717, 1.165) is 49.7 Å². The molecule has 0 amide bonds. The van der Waals surface area contributed by atoms with Crippen LogP contribution >= 0.6 is 0 Å². The number of aromatic nitrogens is 1. The van der Waals surface area contributed by atoms with Crippen molar-refractivity contribution in [1.82, 2.24) is 4.98 Å². The molecule has 156 valence electrons. The van der Waals surface area contributed by atoms with Crippen molar-refractivity contribution < 1.29 is 19.7 Å². The third-order valence-corrected chi connectivity index (χ3v) is 9.88. The Morgan fingerprint density at radius 2 is 1.97 bits per heavy atom. The van der Waals surface area contributed by atoms with E-state index in [-0.39, 0.29) is 22.3 Å². The van der Waals surface area contributed by atoms with E-state index in [1.807, 2.05) is 6.20 Å². The van der Waals surface area contributed by atoms with Crippen molar-refractivity contribution >= 4 is 5.97 Å². The lowest BCUT2D eigenvalue weighted by atomic mass is 9.42. The van der Waals surface area contributed by atoms with E-state index in [9.17, 15) is 15.0 Å². The van der Waals surface area contributed by atoms with Crippen LogP contribution < -0.4 is 0 Å². The number of allylic oxidation sites excluding steroid dienone is 1. The molecule has 1 heterocycles. The second kappa shape index (κ2) is 5.55. The van der Waals surface area contributed by atoms with Crippen LogP contribution in [0.25, 0.3) is 0 Å². The van der Waals surface area contributed by atoms with Crippen LogP contribution in [-0.4, -0.2) is 40.0 Å². The van der Waals surface area contributed by atoms with E-state index in [0.29, 0.717) is 18.3 Å². The van der Waals surface area contributed by atoms with Gasteiger partial charge in [-0.1, -0.05) is 19.8 Å². The summed E-state index contributed by atoms with van der Waals surface area (Å²) in [7, 11) is 1.64. The van der Waals surface area contributed by atoms with Gasteiger partial charge in [0.2, 0.25) is 0 Å². The number of nitrogens with one attached hydrogen (secondary N) is 1. The summed E-state index contributed by atoms with van der Waals surface area (Å²) in [5.41, 5.74) is 1.94. The van der Waals surface area contributed by atoms with Crippen molar-refractivity contribution in [3.63, 3.8) is 0 Å². The molecule has 3 fully saturated rings. The molecular formula is C24H31NO4. The highest BCUT2D eigenvalue weighted by Gasteiger charge is 2.79. The van der Waals surface area contributed by atoms with Gasteiger partial charge in [-0.05, 0) is 73.0 Å². The number of carboxylic acid groups (broad SMARTS) is 1. The van der Waals surface area contributed by atoms with Gasteiger partial charge in [0.15, 0.2) is 0 Å². The van der Waals surface area contributed by atoms with Gasteiger partial charge >= 0.3 is 5.97 Å². The zero-order valence-electron chi connectivity index (χ0n) is 17.3. The number of aliphatic carboxylic acids is 1. The Bertz CT molecular complexity index is 933. The first kappa shape index (κ1) is 18.2. The van der Waals surface area contributed by atoms with Gasteiger partial charge in [0.1, 0.15) is 5.60 Å². The quantitative estimate of drug-likeness (QED) is 0.709. The maximum atomic E-state index is 12.8. The molecule has 6 rings (SSSR count). The summed E-state index contributed by atoms with van der Waals surface area (Å²) in [5.74, 6) is -0.240. The molecule has 5 heteroatoms. The van der Waals surface area contributed by atoms with Crippen LogP contribution in [0.5, 0.6) is 0 Å². The number of aliphatic hydroxyl groups is 1. The van der Waals surface area contributed by atoms with Crippen molar-refractivity contribution in [2.75, 3.05) is 7.11 Å². The van der Waals surface area contributed by atoms with Gasteiger partial charge in [0, 0.05) is 30.3 Å². The van der Waals surface area contributed by atoms with E-state index in [2.05, 4.69) is 18.0 Å². The summed E-state index contributed by atoms with van der Waals surface area (Å²) in [6, 6.07) is 2.10. The summed E-state index contributed by atoms with van der Waals surface area (Å²) in [6.07, 6.45) is 9.53. The summed E-state index contributed by atoms with van der Waals surface area (Å²) in [4.78, 5) is 16.2. The van der Waals surface area contributed by atoms with Crippen molar-refractivity contribution in [2.24, 2.45) is 22.7 Å². The summed E-state index contributed by atoms with van der Waals surface area (Å²) < 4.78 is 5.90. The number of rotatable bonds is 2. The first-order chi connectivity index (χ1) is 13.9. The van der Waals surface area contributed by atoms with Crippen molar-refractivity contribution in [1.29, 1.82) is 0 Å². The number of hydrogen-bond donors (Lipinski definition) is 3. The van der Waals surface area contributed by atoms with Gasteiger partial charge in [0.25, 0.3) is 0 Å². The first-order valence-electron chi connectivity index (χ1n) is 11.3. The average Bonchev–Trinajstić information content (AvgIpc) is 3.25. The highest BCUT2D eigenvalue weighted by atomic mass is 16.5. The van der Waals surface area contributed by atoms with Crippen LogP contribution in [0.15, 0.2) is 23.4 Å². The van der Waals surface area contributed by atoms with Crippen molar-refractivity contribution in [2.45, 2.75) is 75.9 Å². The Hall–Kier alpha value is -1.59. The number of aromatic amines is 1. The van der Waals surface area contributed by atoms with Crippen LogP contribution in [0.1, 0.15) is 69.0 Å². The lowest BCUT2D eigenvalue weighted by Crippen LogP contribution is -2.60. The van der Waals surface area contributed by atoms with Gasteiger partial charge in [-0.25, -0.2) is 4.79 Å².